The molecule has 2 atom stereocenters. The first-order valence-electron chi connectivity index (χ1n) is 22.3. The lowest BCUT2D eigenvalue weighted by Gasteiger charge is -2.56. The van der Waals surface area contributed by atoms with Crippen molar-refractivity contribution in [1.82, 2.24) is 19.6 Å². The maximum atomic E-state index is 14.6. The molecule has 4 aromatic carbocycles. The number of H-pyrrole nitrogens is 1. The standard InChI is InChI=1S/C49H49F2N7O7S/c1-29(2)36-6-3-4-7-37(36)42-8-5-17-57(42)33-24-49(25-33)15-18-56(19-16-49)32-13-14-38(44(20-32)65-34-21-39-40(51)27-53-47(39)52-26-34)48(59)55-66(62,63)35-22-43(58(60)61)46-45(23-35)64-28-41(54-46)30-9-11-31(50)12-10-30/h3-4,6-7,9-14,20-23,26-27,29,33,41-42,54H,5,8,15-19,24-25,28H2,1-2H3,(H,52,53)(H,55,59)/t41-,42-/m1/s1. The molecule has 0 unspecified atom stereocenters. The number of hydrogen-bond donors (Lipinski definition) is 3. The summed E-state index contributed by atoms with van der Waals surface area (Å²) in [5.41, 5.74) is 3.99. The fraction of sp³-hybridized carbons (Fsp3) is 0.347. The number of nitrogens with one attached hydrogen (secondary N) is 3. The van der Waals surface area contributed by atoms with Gasteiger partial charge in [-0.25, -0.2) is 26.9 Å². The number of aromatic nitrogens is 2. The molecule has 2 saturated heterocycles. The largest absolute Gasteiger partial charge is 0.489 e. The molecular formula is C49H49F2N7O7S. The highest BCUT2D eigenvalue weighted by Gasteiger charge is 2.50. The molecule has 5 heterocycles. The highest BCUT2D eigenvalue weighted by atomic mass is 32.2. The molecule has 14 nitrogen and oxygen atoms in total. The van der Waals surface area contributed by atoms with E-state index in [4.69, 9.17) is 9.47 Å². The second kappa shape index (κ2) is 17.0. The van der Waals surface area contributed by atoms with Gasteiger partial charge in [-0.05, 0) is 103 Å². The molecule has 10 rings (SSSR count). The Morgan fingerprint density at radius 2 is 1.79 bits per heavy atom. The Morgan fingerprint density at radius 1 is 1.02 bits per heavy atom. The number of hydrogen-bond acceptors (Lipinski definition) is 11. The summed E-state index contributed by atoms with van der Waals surface area (Å²) in [5.74, 6) is -1.60. The number of pyridine rings is 1. The van der Waals surface area contributed by atoms with Crippen molar-refractivity contribution >= 4 is 44.0 Å². The minimum atomic E-state index is -4.75. The van der Waals surface area contributed by atoms with E-state index in [2.05, 4.69) is 67.9 Å². The van der Waals surface area contributed by atoms with E-state index in [0.717, 1.165) is 63.1 Å². The number of likely N-dealkylation sites (tertiary alicyclic amines) is 1. The Kier molecular flexibility index (Phi) is 11.2. The second-order valence-corrected chi connectivity index (χ2v) is 20.0. The molecule has 3 fully saturated rings. The van der Waals surface area contributed by atoms with Crippen LogP contribution in [0.2, 0.25) is 0 Å². The summed E-state index contributed by atoms with van der Waals surface area (Å²) in [6.45, 7) is 7.15. The lowest BCUT2D eigenvalue weighted by molar-refractivity contribution is -0.384. The molecule has 1 amide bonds. The molecular weight excluding hydrogens is 869 g/mol. The van der Waals surface area contributed by atoms with E-state index in [1.54, 1.807) is 12.1 Å². The van der Waals surface area contributed by atoms with Crippen molar-refractivity contribution in [2.75, 3.05) is 36.5 Å². The van der Waals surface area contributed by atoms with Gasteiger partial charge in [0.05, 0.1) is 33.0 Å². The molecule has 66 heavy (non-hydrogen) atoms. The first kappa shape index (κ1) is 43.3. The summed E-state index contributed by atoms with van der Waals surface area (Å²) >= 11 is 0. The molecule has 0 bridgehead atoms. The highest BCUT2D eigenvalue weighted by Crippen LogP contribution is 2.54. The Labute approximate surface area is 380 Å². The van der Waals surface area contributed by atoms with Crippen LogP contribution in [0.4, 0.5) is 25.8 Å². The first-order valence-corrected chi connectivity index (χ1v) is 23.8. The van der Waals surface area contributed by atoms with Crippen LogP contribution in [0.3, 0.4) is 0 Å². The third-order valence-corrected chi connectivity index (χ3v) is 15.3. The predicted octanol–water partition coefficient (Wildman–Crippen LogP) is 9.92. The summed E-state index contributed by atoms with van der Waals surface area (Å²) in [6, 6.07) is 23.1. The van der Waals surface area contributed by atoms with Crippen molar-refractivity contribution in [2.24, 2.45) is 5.41 Å². The number of nitro benzene ring substituents is 1. The number of anilines is 2. The summed E-state index contributed by atoms with van der Waals surface area (Å²) in [4.78, 5) is 37.0. The van der Waals surface area contributed by atoms with E-state index >= 15 is 0 Å². The van der Waals surface area contributed by atoms with Crippen LogP contribution in [-0.2, 0) is 10.0 Å². The van der Waals surface area contributed by atoms with Crippen LogP contribution in [0, 0.1) is 27.2 Å². The molecule has 1 spiro atoms. The molecule has 3 N–H and O–H groups in total. The van der Waals surface area contributed by atoms with Gasteiger partial charge in [0.25, 0.3) is 21.6 Å². The lowest BCUT2D eigenvalue weighted by Crippen LogP contribution is -2.54. The number of carbonyl (C=O) groups excluding carboxylic acids is 1. The van der Waals surface area contributed by atoms with Gasteiger partial charge in [-0.1, -0.05) is 50.2 Å². The molecule has 1 aliphatic carbocycles. The van der Waals surface area contributed by atoms with Crippen molar-refractivity contribution in [3.05, 3.63) is 141 Å². The van der Waals surface area contributed by atoms with Crippen LogP contribution in [-0.4, -0.2) is 66.4 Å². The van der Waals surface area contributed by atoms with Gasteiger partial charge in [0.2, 0.25) is 0 Å². The molecule has 3 aliphatic heterocycles. The van der Waals surface area contributed by atoms with Crippen LogP contribution < -0.4 is 24.4 Å². The maximum absolute atomic E-state index is 14.6. The van der Waals surface area contributed by atoms with E-state index < -0.39 is 49.1 Å². The van der Waals surface area contributed by atoms with Gasteiger partial charge in [-0.3, -0.25) is 19.8 Å². The smallest absolute Gasteiger partial charge is 0.297 e. The van der Waals surface area contributed by atoms with Gasteiger partial charge in [-0.2, -0.15) is 0 Å². The van der Waals surface area contributed by atoms with Crippen molar-refractivity contribution in [3.63, 3.8) is 0 Å². The number of nitro groups is 1. The quantitative estimate of drug-likeness (QED) is 0.0835. The average Bonchev–Trinajstić information content (AvgIpc) is 3.94. The summed E-state index contributed by atoms with van der Waals surface area (Å²) in [5, 5.41) is 15.5. The third-order valence-electron chi connectivity index (χ3n) is 13.9. The van der Waals surface area contributed by atoms with Crippen molar-refractivity contribution in [3.8, 4) is 17.2 Å². The van der Waals surface area contributed by atoms with E-state index in [0.29, 0.717) is 29.2 Å². The number of rotatable bonds is 11. The minimum Gasteiger partial charge on any atom is -0.489 e. The number of nitrogens with zero attached hydrogens (tertiary/aromatic N) is 4. The van der Waals surface area contributed by atoms with Crippen LogP contribution in [0.1, 0.15) is 97.4 Å². The monoisotopic (exact) mass is 917 g/mol. The molecule has 0 radical (unpaired) electrons. The van der Waals surface area contributed by atoms with Crippen LogP contribution in [0.15, 0.2) is 102 Å². The number of aromatic amines is 1. The van der Waals surface area contributed by atoms with Crippen LogP contribution in [0.25, 0.3) is 11.0 Å². The van der Waals surface area contributed by atoms with Gasteiger partial charge in [0, 0.05) is 55.3 Å². The number of sulfonamides is 1. The number of amides is 1. The predicted molar refractivity (Wildman–Crippen MR) is 245 cm³/mol. The highest BCUT2D eigenvalue weighted by molar-refractivity contribution is 7.90. The SMILES string of the molecule is CC(C)c1ccccc1[C@H]1CCCN1C1CC2(CCN(c3ccc(C(=O)NS(=O)(=O)c4cc5c(c([N+](=O)[O-])c4)N[C@@H](c4ccc(F)cc4)CO5)c(Oc4cnc5[nH]cc(F)c5c4)c3)CC2)C1. The Hall–Kier alpha value is -6.59. The number of ether oxygens (including phenoxy) is 2. The molecule has 6 aromatic rings. The summed E-state index contributed by atoms with van der Waals surface area (Å²) in [6.07, 6.45) is 9.22. The van der Waals surface area contributed by atoms with Crippen LogP contribution >= 0.6 is 0 Å². The van der Waals surface area contributed by atoms with Crippen molar-refractivity contribution < 1.29 is 36.4 Å². The van der Waals surface area contributed by atoms with E-state index in [9.17, 15) is 32.1 Å². The maximum Gasteiger partial charge on any atom is 0.297 e. The lowest BCUT2D eigenvalue weighted by atomic mass is 9.59. The van der Waals surface area contributed by atoms with E-state index in [-0.39, 0.29) is 45.9 Å². The molecule has 2 aromatic heterocycles. The number of halogens is 2. The number of piperidine rings is 1. The van der Waals surface area contributed by atoms with Gasteiger partial charge in [0.15, 0.2) is 11.4 Å². The number of carbonyl (C=O) groups is 1. The second-order valence-electron chi connectivity index (χ2n) is 18.3. The fourth-order valence-corrected chi connectivity index (χ4v) is 11.5. The van der Waals surface area contributed by atoms with Crippen molar-refractivity contribution in [2.45, 2.75) is 81.3 Å². The van der Waals surface area contributed by atoms with Gasteiger partial charge >= 0.3 is 0 Å². The Balaban J connectivity index is 0.874. The van der Waals surface area contributed by atoms with Gasteiger partial charge in [-0.15, -0.1) is 0 Å². The topological polar surface area (TPSA) is 172 Å². The Morgan fingerprint density at radius 3 is 2.55 bits per heavy atom. The van der Waals surface area contributed by atoms with E-state index in [1.807, 2.05) is 0 Å². The molecule has 4 aliphatic rings. The van der Waals surface area contributed by atoms with Crippen molar-refractivity contribution in [1.29, 1.82) is 0 Å². The zero-order chi connectivity index (χ0) is 45.9. The number of fused-ring (bicyclic) bond motifs is 2. The fourth-order valence-electron chi connectivity index (χ4n) is 10.5. The third kappa shape index (κ3) is 8.18. The van der Waals surface area contributed by atoms with Gasteiger partial charge < -0.3 is 24.7 Å². The zero-order valence-corrected chi connectivity index (χ0v) is 37.2. The van der Waals surface area contributed by atoms with Gasteiger partial charge in [0.1, 0.15) is 35.4 Å². The molecule has 1 saturated carbocycles. The number of benzene rings is 4. The Bertz CT molecular complexity index is 2970. The summed E-state index contributed by atoms with van der Waals surface area (Å²) < 4.78 is 70.1. The molecule has 342 valence electrons. The summed E-state index contributed by atoms with van der Waals surface area (Å²) in [7, 11) is -4.75. The zero-order valence-electron chi connectivity index (χ0n) is 36.4. The normalized spacial score (nSPS) is 19.6. The van der Waals surface area contributed by atoms with E-state index in [1.165, 1.54) is 72.8 Å². The first-order chi connectivity index (χ1) is 31.7. The minimum absolute atomic E-state index is 0.00108. The van der Waals surface area contributed by atoms with Crippen LogP contribution in [0.5, 0.6) is 17.2 Å². The molecule has 17 heteroatoms. The average molecular weight is 918 g/mol.